The van der Waals surface area contributed by atoms with E-state index in [2.05, 4.69) is 0 Å². The maximum Gasteiger partial charge on any atom is 0.313 e. The Morgan fingerprint density at radius 2 is 1.26 bits per heavy atom. The molecule has 0 saturated heterocycles. The first-order chi connectivity index (χ1) is 10.8. The van der Waals surface area contributed by atoms with Crippen molar-refractivity contribution in [2.45, 2.75) is 5.75 Å². The number of rotatable bonds is 6. The lowest BCUT2D eigenvalue weighted by atomic mass is 10.2. The van der Waals surface area contributed by atoms with E-state index < -0.39 is 25.7 Å². The summed E-state index contributed by atoms with van der Waals surface area (Å²) in [5.74, 6) is -0.542. The monoisotopic (exact) mass is 338 g/mol. The Morgan fingerprint density at radius 1 is 0.826 bits per heavy atom. The van der Waals surface area contributed by atoms with Gasteiger partial charge in [-0.2, -0.15) is 8.42 Å². The maximum atomic E-state index is 11.9. The van der Waals surface area contributed by atoms with E-state index in [1.54, 1.807) is 0 Å². The molecule has 0 heterocycles. The van der Waals surface area contributed by atoms with E-state index in [1.807, 2.05) is 0 Å². The summed E-state index contributed by atoms with van der Waals surface area (Å²) in [6, 6.07) is 9.60. The lowest BCUT2D eigenvalue weighted by Gasteiger charge is -2.06. The first-order valence-electron chi connectivity index (χ1n) is 6.17. The molecular weight excluding hydrogens is 328 g/mol. The van der Waals surface area contributed by atoms with E-state index >= 15 is 0 Å². The molecule has 10 heteroatoms. The quantitative estimate of drug-likeness (QED) is 0.449. The van der Waals surface area contributed by atoms with Crippen LogP contribution in [0.1, 0.15) is 5.56 Å². The summed E-state index contributed by atoms with van der Waals surface area (Å²) >= 11 is 0. The van der Waals surface area contributed by atoms with Crippen LogP contribution in [0.5, 0.6) is 5.75 Å². The highest BCUT2D eigenvalue weighted by Gasteiger charge is 2.16. The molecule has 0 unspecified atom stereocenters. The molecule has 9 nitrogen and oxygen atoms in total. The van der Waals surface area contributed by atoms with Crippen LogP contribution in [-0.4, -0.2) is 18.3 Å². The summed E-state index contributed by atoms with van der Waals surface area (Å²) < 4.78 is 28.7. The average Bonchev–Trinajstić information content (AvgIpc) is 2.47. The van der Waals surface area contributed by atoms with Crippen molar-refractivity contribution in [1.29, 1.82) is 0 Å². The SMILES string of the molecule is O=[N+]([O-])c1ccc(CS(=O)(=O)Oc2ccc([N+](=O)[O-])cc2)cc1. The zero-order valence-corrected chi connectivity index (χ0v) is 12.3. The Bertz CT molecular complexity index is 764. The summed E-state index contributed by atoms with van der Waals surface area (Å²) in [6.45, 7) is 0. The third-order valence-corrected chi connectivity index (χ3v) is 3.89. The topological polar surface area (TPSA) is 130 Å². The second-order valence-electron chi connectivity index (χ2n) is 4.46. The summed E-state index contributed by atoms with van der Waals surface area (Å²) in [4.78, 5) is 19.8. The standard InChI is InChI=1S/C13H10N2O7S/c16-14(17)11-3-1-10(2-4-11)9-23(20,21)22-13-7-5-12(6-8-13)15(18)19/h1-8H,9H2. The van der Waals surface area contributed by atoms with Gasteiger partial charge in [0, 0.05) is 24.3 Å². The zero-order valence-electron chi connectivity index (χ0n) is 11.5. The molecular formula is C13H10N2O7S. The van der Waals surface area contributed by atoms with Crippen LogP contribution in [-0.2, 0) is 15.9 Å². The Kier molecular flexibility index (Phi) is 4.55. The van der Waals surface area contributed by atoms with E-state index in [0.717, 1.165) is 12.1 Å². The van der Waals surface area contributed by atoms with Gasteiger partial charge in [-0.3, -0.25) is 20.2 Å². The van der Waals surface area contributed by atoms with Gasteiger partial charge in [-0.15, -0.1) is 0 Å². The summed E-state index contributed by atoms with van der Waals surface area (Å²) in [7, 11) is -3.99. The highest BCUT2D eigenvalue weighted by molar-refractivity contribution is 7.86. The number of non-ortho nitro benzene ring substituents is 2. The van der Waals surface area contributed by atoms with Gasteiger partial charge >= 0.3 is 10.1 Å². The number of hydrogen-bond acceptors (Lipinski definition) is 7. The molecule has 0 N–H and O–H groups in total. The van der Waals surface area contributed by atoms with Gasteiger partial charge in [-0.1, -0.05) is 12.1 Å². The van der Waals surface area contributed by atoms with Crippen LogP contribution in [0.4, 0.5) is 11.4 Å². The smallest absolute Gasteiger partial charge is 0.313 e. The summed E-state index contributed by atoms with van der Waals surface area (Å²) in [5.41, 5.74) is -0.0231. The number of benzene rings is 2. The highest BCUT2D eigenvalue weighted by atomic mass is 32.2. The Hall–Kier alpha value is -3.01. The van der Waals surface area contributed by atoms with Crippen molar-refractivity contribution in [3.05, 3.63) is 74.3 Å². The Labute approximate surface area is 130 Å². The fraction of sp³-hybridized carbons (Fsp3) is 0.0769. The van der Waals surface area contributed by atoms with Gasteiger partial charge in [0.2, 0.25) is 0 Å². The third kappa shape index (κ3) is 4.48. The average molecular weight is 338 g/mol. The number of nitro benzene ring substituents is 2. The molecule has 0 aromatic heterocycles. The van der Waals surface area contributed by atoms with E-state index in [1.165, 1.54) is 36.4 Å². The van der Waals surface area contributed by atoms with Crippen LogP contribution >= 0.6 is 0 Å². The van der Waals surface area contributed by atoms with Crippen LogP contribution in [0.25, 0.3) is 0 Å². The van der Waals surface area contributed by atoms with Crippen molar-refractivity contribution in [2.24, 2.45) is 0 Å². The molecule has 0 atom stereocenters. The van der Waals surface area contributed by atoms with Crippen LogP contribution in [0.15, 0.2) is 48.5 Å². The Balaban J connectivity index is 2.09. The van der Waals surface area contributed by atoms with Gasteiger partial charge < -0.3 is 4.18 Å². The van der Waals surface area contributed by atoms with Gasteiger partial charge in [-0.05, 0) is 17.7 Å². The lowest BCUT2D eigenvalue weighted by Crippen LogP contribution is -2.12. The number of hydrogen-bond donors (Lipinski definition) is 0. The molecule has 2 aromatic carbocycles. The van der Waals surface area contributed by atoms with Crippen molar-refractivity contribution in [1.82, 2.24) is 0 Å². The fourth-order valence-electron chi connectivity index (χ4n) is 1.72. The molecule has 2 aromatic rings. The molecule has 0 bridgehead atoms. The van der Waals surface area contributed by atoms with Gasteiger partial charge in [0.15, 0.2) is 0 Å². The van der Waals surface area contributed by atoms with E-state index in [4.69, 9.17) is 4.18 Å². The summed E-state index contributed by atoms with van der Waals surface area (Å²) in [6.07, 6.45) is 0. The molecule has 0 spiro atoms. The molecule has 0 amide bonds. The molecule has 2 rings (SSSR count). The van der Waals surface area contributed by atoms with Crippen molar-refractivity contribution in [3.63, 3.8) is 0 Å². The molecule has 0 fully saturated rings. The first-order valence-corrected chi connectivity index (χ1v) is 7.74. The minimum absolute atomic E-state index is 0.0579. The third-order valence-electron chi connectivity index (χ3n) is 2.76. The molecule has 0 aliphatic rings. The Morgan fingerprint density at radius 3 is 1.70 bits per heavy atom. The fourth-order valence-corrected chi connectivity index (χ4v) is 2.78. The second-order valence-corrected chi connectivity index (χ2v) is 6.03. The van der Waals surface area contributed by atoms with Crippen molar-refractivity contribution >= 4 is 21.5 Å². The van der Waals surface area contributed by atoms with Gasteiger partial charge in [0.05, 0.1) is 9.85 Å². The van der Waals surface area contributed by atoms with Gasteiger partial charge in [0.1, 0.15) is 11.5 Å². The molecule has 120 valence electrons. The van der Waals surface area contributed by atoms with Gasteiger partial charge in [-0.25, -0.2) is 0 Å². The largest absolute Gasteiger partial charge is 0.382 e. The highest BCUT2D eigenvalue weighted by Crippen LogP contribution is 2.20. The normalized spacial score (nSPS) is 11.0. The van der Waals surface area contributed by atoms with Crippen molar-refractivity contribution < 1.29 is 22.4 Å². The van der Waals surface area contributed by atoms with E-state index in [-0.39, 0.29) is 17.1 Å². The first kappa shape index (κ1) is 16.4. The summed E-state index contributed by atoms with van der Waals surface area (Å²) in [5, 5.41) is 21.0. The maximum absolute atomic E-state index is 11.9. The lowest BCUT2D eigenvalue weighted by molar-refractivity contribution is -0.385. The zero-order chi connectivity index (χ0) is 17.0. The molecule has 0 aliphatic heterocycles. The number of nitro groups is 2. The van der Waals surface area contributed by atoms with E-state index in [0.29, 0.717) is 5.56 Å². The van der Waals surface area contributed by atoms with Crippen molar-refractivity contribution in [3.8, 4) is 5.75 Å². The molecule has 0 saturated carbocycles. The van der Waals surface area contributed by atoms with Crippen LogP contribution in [0.2, 0.25) is 0 Å². The minimum Gasteiger partial charge on any atom is -0.382 e. The minimum atomic E-state index is -3.99. The van der Waals surface area contributed by atoms with Crippen LogP contribution < -0.4 is 4.18 Å². The molecule has 0 aliphatic carbocycles. The predicted octanol–water partition coefficient (Wildman–Crippen LogP) is 2.41. The molecule has 23 heavy (non-hydrogen) atoms. The van der Waals surface area contributed by atoms with Crippen molar-refractivity contribution in [2.75, 3.05) is 0 Å². The van der Waals surface area contributed by atoms with Crippen LogP contribution in [0.3, 0.4) is 0 Å². The predicted molar refractivity (Wildman–Crippen MR) is 79.4 cm³/mol. The second kappa shape index (κ2) is 6.40. The number of nitrogens with zero attached hydrogens (tertiary/aromatic N) is 2. The van der Waals surface area contributed by atoms with Crippen LogP contribution in [0, 0.1) is 20.2 Å². The van der Waals surface area contributed by atoms with E-state index in [9.17, 15) is 28.6 Å². The molecule has 0 radical (unpaired) electrons. The van der Waals surface area contributed by atoms with Gasteiger partial charge in [0.25, 0.3) is 11.4 Å².